The summed E-state index contributed by atoms with van der Waals surface area (Å²) >= 11 is 0. The van der Waals surface area contributed by atoms with E-state index in [4.69, 9.17) is 5.11 Å². The van der Waals surface area contributed by atoms with Crippen LogP contribution in [0.2, 0.25) is 0 Å². The van der Waals surface area contributed by atoms with Crippen molar-refractivity contribution in [3.63, 3.8) is 0 Å². The summed E-state index contributed by atoms with van der Waals surface area (Å²) in [6.45, 7) is 3.50. The van der Waals surface area contributed by atoms with Crippen molar-refractivity contribution in [1.82, 2.24) is 4.98 Å². The summed E-state index contributed by atoms with van der Waals surface area (Å²) in [4.78, 5) is 26.0. The Balaban J connectivity index is 2.76. The summed E-state index contributed by atoms with van der Waals surface area (Å²) in [5.74, 6) is -1.32. The predicted octanol–water partition coefficient (Wildman–Crippen LogP) is 1.68. The SMILES string of the molecule is C=CCCC(=O)Nc1ncccc1C(=O)O. The van der Waals surface area contributed by atoms with E-state index in [1.807, 2.05) is 0 Å². The molecule has 16 heavy (non-hydrogen) atoms. The van der Waals surface area contributed by atoms with E-state index in [1.54, 1.807) is 6.08 Å². The van der Waals surface area contributed by atoms with Gasteiger partial charge in [0.15, 0.2) is 0 Å². The molecule has 0 fully saturated rings. The van der Waals surface area contributed by atoms with Crippen LogP contribution in [0.4, 0.5) is 5.82 Å². The number of carboxylic acids is 1. The Morgan fingerprint density at radius 1 is 1.56 bits per heavy atom. The third kappa shape index (κ3) is 3.20. The van der Waals surface area contributed by atoms with Crippen LogP contribution in [0.1, 0.15) is 23.2 Å². The van der Waals surface area contributed by atoms with Crippen molar-refractivity contribution in [2.45, 2.75) is 12.8 Å². The fourth-order valence-corrected chi connectivity index (χ4v) is 1.11. The van der Waals surface area contributed by atoms with Gasteiger partial charge in [-0.2, -0.15) is 0 Å². The van der Waals surface area contributed by atoms with E-state index in [1.165, 1.54) is 18.3 Å². The monoisotopic (exact) mass is 220 g/mol. The van der Waals surface area contributed by atoms with Crippen LogP contribution in [-0.2, 0) is 4.79 Å². The molecular formula is C11H12N2O3. The highest BCUT2D eigenvalue weighted by atomic mass is 16.4. The van der Waals surface area contributed by atoms with Gasteiger partial charge in [0.1, 0.15) is 11.4 Å². The van der Waals surface area contributed by atoms with E-state index >= 15 is 0 Å². The molecule has 1 rings (SSSR count). The maximum atomic E-state index is 11.4. The average Bonchev–Trinajstić information content (AvgIpc) is 2.27. The Kier molecular flexibility index (Phi) is 4.20. The number of carbonyl (C=O) groups excluding carboxylic acids is 1. The summed E-state index contributed by atoms with van der Waals surface area (Å²) in [6, 6.07) is 2.89. The van der Waals surface area contributed by atoms with Gasteiger partial charge in [0.2, 0.25) is 5.91 Å². The largest absolute Gasteiger partial charge is 0.478 e. The maximum absolute atomic E-state index is 11.4. The smallest absolute Gasteiger partial charge is 0.339 e. The minimum Gasteiger partial charge on any atom is -0.478 e. The van der Waals surface area contributed by atoms with Crippen molar-refractivity contribution in [3.8, 4) is 0 Å². The molecule has 0 unspecified atom stereocenters. The zero-order valence-corrected chi connectivity index (χ0v) is 8.64. The molecule has 0 radical (unpaired) electrons. The third-order valence-electron chi connectivity index (χ3n) is 1.87. The van der Waals surface area contributed by atoms with Gasteiger partial charge in [0.05, 0.1) is 0 Å². The van der Waals surface area contributed by atoms with Crippen molar-refractivity contribution >= 4 is 17.7 Å². The highest BCUT2D eigenvalue weighted by molar-refractivity contribution is 5.99. The molecule has 1 heterocycles. The number of carboxylic acid groups (broad SMARTS) is 1. The van der Waals surface area contributed by atoms with Crippen molar-refractivity contribution in [2.24, 2.45) is 0 Å². The topological polar surface area (TPSA) is 79.3 Å². The normalized spacial score (nSPS) is 9.50. The van der Waals surface area contributed by atoms with Crippen LogP contribution in [0, 0.1) is 0 Å². The van der Waals surface area contributed by atoms with Crippen molar-refractivity contribution < 1.29 is 14.7 Å². The zero-order chi connectivity index (χ0) is 12.0. The fourth-order valence-electron chi connectivity index (χ4n) is 1.11. The van der Waals surface area contributed by atoms with Crippen LogP contribution < -0.4 is 5.32 Å². The number of amides is 1. The molecule has 0 aliphatic carbocycles. The lowest BCUT2D eigenvalue weighted by Crippen LogP contribution is -2.15. The van der Waals surface area contributed by atoms with Gasteiger partial charge in [0.25, 0.3) is 0 Å². The van der Waals surface area contributed by atoms with E-state index in [0.717, 1.165) is 0 Å². The number of hydrogen-bond acceptors (Lipinski definition) is 3. The Bertz CT molecular complexity index is 415. The predicted molar refractivity (Wildman–Crippen MR) is 59.3 cm³/mol. The molecule has 5 nitrogen and oxygen atoms in total. The molecular weight excluding hydrogens is 208 g/mol. The Hall–Kier alpha value is -2.17. The first-order valence-electron chi connectivity index (χ1n) is 4.74. The Labute approximate surface area is 92.8 Å². The van der Waals surface area contributed by atoms with E-state index in [9.17, 15) is 9.59 Å². The molecule has 0 aromatic carbocycles. The maximum Gasteiger partial charge on any atom is 0.339 e. The number of pyridine rings is 1. The first-order chi connectivity index (χ1) is 7.65. The highest BCUT2D eigenvalue weighted by Crippen LogP contribution is 2.11. The van der Waals surface area contributed by atoms with E-state index < -0.39 is 5.97 Å². The van der Waals surface area contributed by atoms with E-state index in [-0.39, 0.29) is 23.7 Å². The second kappa shape index (κ2) is 5.65. The van der Waals surface area contributed by atoms with Gasteiger partial charge >= 0.3 is 5.97 Å². The molecule has 0 aliphatic heterocycles. The molecule has 1 aromatic rings. The van der Waals surface area contributed by atoms with Crippen LogP contribution >= 0.6 is 0 Å². The van der Waals surface area contributed by atoms with Crippen LogP contribution in [-0.4, -0.2) is 22.0 Å². The molecule has 0 aliphatic rings. The second-order valence-electron chi connectivity index (χ2n) is 3.08. The van der Waals surface area contributed by atoms with Gasteiger partial charge in [-0.05, 0) is 18.6 Å². The lowest BCUT2D eigenvalue weighted by molar-refractivity contribution is -0.116. The van der Waals surface area contributed by atoms with E-state index in [0.29, 0.717) is 6.42 Å². The van der Waals surface area contributed by atoms with Gasteiger partial charge in [0, 0.05) is 12.6 Å². The van der Waals surface area contributed by atoms with Crippen molar-refractivity contribution in [2.75, 3.05) is 5.32 Å². The Morgan fingerprint density at radius 2 is 2.31 bits per heavy atom. The Morgan fingerprint density at radius 3 is 2.94 bits per heavy atom. The molecule has 5 heteroatoms. The average molecular weight is 220 g/mol. The lowest BCUT2D eigenvalue weighted by Gasteiger charge is -2.05. The van der Waals surface area contributed by atoms with Gasteiger partial charge in [-0.15, -0.1) is 6.58 Å². The molecule has 1 aromatic heterocycles. The number of nitrogens with zero attached hydrogens (tertiary/aromatic N) is 1. The zero-order valence-electron chi connectivity index (χ0n) is 8.64. The van der Waals surface area contributed by atoms with Gasteiger partial charge in [-0.25, -0.2) is 9.78 Å². The summed E-state index contributed by atoms with van der Waals surface area (Å²) in [7, 11) is 0. The van der Waals surface area contributed by atoms with Crippen LogP contribution in [0.15, 0.2) is 31.0 Å². The van der Waals surface area contributed by atoms with Crippen LogP contribution in [0.5, 0.6) is 0 Å². The second-order valence-corrected chi connectivity index (χ2v) is 3.08. The molecule has 0 atom stereocenters. The van der Waals surface area contributed by atoms with Crippen molar-refractivity contribution in [3.05, 3.63) is 36.5 Å². The van der Waals surface area contributed by atoms with Gasteiger partial charge in [-0.1, -0.05) is 6.08 Å². The molecule has 2 N–H and O–H groups in total. The number of carbonyl (C=O) groups is 2. The minimum absolute atomic E-state index is 0.0190. The van der Waals surface area contributed by atoms with Gasteiger partial charge in [-0.3, -0.25) is 4.79 Å². The third-order valence-corrected chi connectivity index (χ3v) is 1.87. The summed E-state index contributed by atoms with van der Waals surface area (Å²) in [5, 5.41) is 11.3. The van der Waals surface area contributed by atoms with Gasteiger partial charge < -0.3 is 10.4 Å². The standard InChI is InChI=1S/C11H12N2O3/c1-2-3-6-9(14)13-10-8(11(15)16)5-4-7-12-10/h2,4-5,7H,1,3,6H2,(H,15,16)(H,12,13,14). The lowest BCUT2D eigenvalue weighted by atomic mass is 10.2. The summed E-state index contributed by atoms with van der Waals surface area (Å²) in [5.41, 5.74) is -0.0190. The molecule has 1 amide bonds. The summed E-state index contributed by atoms with van der Waals surface area (Å²) in [6.07, 6.45) is 3.85. The molecule has 0 spiro atoms. The van der Waals surface area contributed by atoms with Crippen molar-refractivity contribution in [1.29, 1.82) is 0 Å². The number of nitrogens with one attached hydrogen (secondary N) is 1. The molecule has 84 valence electrons. The number of aromatic carboxylic acids is 1. The first kappa shape index (κ1) is 11.9. The molecule has 0 bridgehead atoms. The fraction of sp³-hybridized carbons (Fsp3) is 0.182. The summed E-state index contributed by atoms with van der Waals surface area (Å²) < 4.78 is 0. The number of aromatic nitrogens is 1. The van der Waals surface area contributed by atoms with E-state index in [2.05, 4.69) is 16.9 Å². The molecule has 0 saturated heterocycles. The minimum atomic E-state index is -1.12. The quantitative estimate of drug-likeness (QED) is 0.740. The number of rotatable bonds is 5. The van der Waals surface area contributed by atoms with Crippen LogP contribution in [0.3, 0.4) is 0 Å². The highest BCUT2D eigenvalue weighted by Gasteiger charge is 2.12. The van der Waals surface area contributed by atoms with Crippen LogP contribution in [0.25, 0.3) is 0 Å². The number of anilines is 1. The number of allylic oxidation sites excluding steroid dienone is 1. The molecule has 0 saturated carbocycles. The first-order valence-corrected chi connectivity index (χ1v) is 4.74. The number of hydrogen-bond donors (Lipinski definition) is 2.